The Bertz CT molecular complexity index is 1200. The molecule has 8 nitrogen and oxygen atoms in total. The zero-order chi connectivity index (χ0) is 24.1. The quantitative estimate of drug-likeness (QED) is 0.384. The summed E-state index contributed by atoms with van der Waals surface area (Å²) < 4.78 is 10.4. The molecule has 0 bridgehead atoms. The van der Waals surface area contributed by atoms with E-state index in [0.717, 1.165) is 23.3 Å². The van der Waals surface area contributed by atoms with Gasteiger partial charge in [0.1, 0.15) is 5.76 Å². The van der Waals surface area contributed by atoms with Crippen LogP contribution in [0.2, 0.25) is 0 Å². The lowest BCUT2D eigenvalue weighted by Crippen LogP contribution is -2.32. The van der Waals surface area contributed by atoms with Crippen LogP contribution >= 0.6 is 0 Å². The predicted octanol–water partition coefficient (Wildman–Crippen LogP) is 3.89. The smallest absolute Gasteiger partial charge is 0.338 e. The van der Waals surface area contributed by atoms with Crippen LogP contribution < -0.4 is 5.32 Å². The van der Waals surface area contributed by atoms with Crippen LogP contribution in [0.4, 0.5) is 0 Å². The molecule has 1 unspecified atom stereocenters. The fourth-order valence-corrected chi connectivity index (χ4v) is 3.87. The van der Waals surface area contributed by atoms with Gasteiger partial charge < -0.3 is 14.5 Å². The van der Waals surface area contributed by atoms with Gasteiger partial charge in [-0.2, -0.15) is 0 Å². The molecular weight excluding hydrogens is 436 g/mol. The van der Waals surface area contributed by atoms with E-state index in [9.17, 15) is 19.2 Å². The third kappa shape index (κ3) is 4.91. The second-order valence-electron chi connectivity index (χ2n) is 7.93. The largest absolute Gasteiger partial charge is 0.467 e. The van der Waals surface area contributed by atoms with Crippen molar-refractivity contribution in [2.75, 3.05) is 6.61 Å². The van der Waals surface area contributed by atoms with Gasteiger partial charge >= 0.3 is 5.97 Å². The highest BCUT2D eigenvalue weighted by Gasteiger charge is 2.36. The number of carbonyl (C=O) groups excluding carboxylic acids is 4. The van der Waals surface area contributed by atoms with Gasteiger partial charge in [0.2, 0.25) is 0 Å². The Labute approximate surface area is 196 Å². The zero-order valence-electron chi connectivity index (χ0n) is 18.7. The molecule has 1 N–H and O–H groups in total. The fraction of sp³-hybridized carbons (Fsp3) is 0.231. The molecule has 0 saturated heterocycles. The summed E-state index contributed by atoms with van der Waals surface area (Å²) in [6, 6.07) is 16.9. The summed E-state index contributed by atoms with van der Waals surface area (Å²) in [5.41, 5.74) is 1.38. The number of esters is 1. The molecule has 0 aliphatic carbocycles. The molecule has 3 aromatic rings. The zero-order valence-corrected chi connectivity index (χ0v) is 18.7. The van der Waals surface area contributed by atoms with Crippen molar-refractivity contribution in [3.8, 4) is 0 Å². The highest BCUT2D eigenvalue weighted by atomic mass is 16.5. The van der Waals surface area contributed by atoms with E-state index in [1.807, 2.05) is 37.3 Å². The Balaban J connectivity index is 1.38. The van der Waals surface area contributed by atoms with Gasteiger partial charge in [-0.25, -0.2) is 4.79 Å². The molecule has 34 heavy (non-hydrogen) atoms. The predicted molar refractivity (Wildman–Crippen MR) is 122 cm³/mol. The molecule has 1 aromatic heterocycles. The van der Waals surface area contributed by atoms with Crippen LogP contribution in [0.1, 0.15) is 68.2 Å². The topological polar surface area (TPSA) is 106 Å². The number of hydrogen-bond acceptors (Lipinski definition) is 6. The highest BCUT2D eigenvalue weighted by Crippen LogP contribution is 2.26. The van der Waals surface area contributed by atoms with Crippen molar-refractivity contribution >= 4 is 23.7 Å². The second-order valence-corrected chi connectivity index (χ2v) is 7.93. The lowest BCUT2D eigenvalue weighted by Gasteiger charge is -2.18. The minimum Gasteiger partial charge on any atom is -0.467 e. The van der Waals surface area contributed by atoms with E-state index >= 15 is 0 Å². The molecule has 1 aliphatic rings. The van der Waals surface area contributed by atoms with E-state index in [-0.39, 0.29) is 29.3 Å². The summed E-state index contributed by atoms with van der Waals surface area (Å²) in [4.78, 5) is 51.3. The first-order chi connectivity index (χ1) is 16.5. The maximum atomic E-state index is 12.7. The normalized spacial score (nSPS) is 13.5. The van der Waals surface area contributed by atoms with Gasteiger partial charge in [-0.15, -0.1) is 0 Å². The summed E-state index contributed by atoms with van der Waals surface area (Å²) in [5, 5.41) is 2.89. The van der Waals surface area contributed by atoms with Gasteiger partial charge in [-0.3, -0.25) is 19.3 Å². The first-order valence-corrected chi connectivity index (χ1v) is 11.0. The Morgan fingerprint density at radius 1 is 1.00 bits per heavy atom. The Hall–Kier alpha value is -4.20. The first kappa shape index (κ1) is 23.0. The average Bonchev–Trinajstić information content (AvgIpc) is 3.45. The van der Waals surface area contributed by atoms with Gasteiger partial charge in [0.25, 0.3) is 17.7 Å². The summed E-state index contributed by atoms with van der Waals surface area (Å²) in [6.07, 6.45) is 3.08. The molecule has 4 rings (SSSR count). The van der Waals surface area contributed by atoms with E-state index in [0.29, 0.717) is 5.76 Å². The van der Waals surface area contributed by atoms with Crippen LogP contribution in [0.15, 0.2) is 71.3 Å². The number of benzene rings is 2. The number of fused-ring (bicyclic) bond motifs is 1. The van der Waals surface area contributed by atoms with Crippen molar-refractivity contribution in [1.29, 1.82) is 0 Å². The monoisotopic (exact) mass is 460 g/mol. The second kappa shape index (κ2) is 10.2. The van der Waals surface area contributed by atoms with Crippen LogP contribution in [0.25, 0.3) is 0 Å². The molecule has 1 atom stereocenters. The highest BCUT2D eigenvalue weighted by molar-refractivity contribution is 6.21. The maximum Gasteiger partial charge on any atom is 0.338 e. The molecule has 2 heterocycles. The van der Waals surface area contributed by atoms with E-state index in [1.165, 1.54) is 24.5 Å². The van der Waals surface area contributed by atoms with Gasteiger partial charge in [0.05, 0.1) is 35.5 Å². The maximum absolute atomic E-state index is 12.7. The SMILES string of the molecule is CCCC(NC(=O)COC(=O)c1ccc2c(c1)C(=O)N(Cc1ccco1)C2=O)c1ccccc1. The van der Waals surface area contributed by atoms with Crippen LogP contribution in [0.5, 0.6) is 0 Å². The first-order valence-electron chi connectivity index (χ1n) is 11.0. The minimum absolute atomic E-state index is 0.000358. The van der Waals surface area contributed by atoms with Crippen molar-refractivity contribution in [2.24, 2.45) is 0 Å². The number of furan rings is 1. The lowest BCUT2D eigenvalue weighted by atomic mass is 10.0. The number of carbonyl (C=O) groups is 4. The van der Waals surface area contributed by atoms with Crippen LogP contribution in [-0.4, -0.2) is 35.2 Å². The van der Waals surface area contributed by atoms with Gasteiger partial charge in [-0.1, -0.05) is 43.7 Å². The Morgan fingerprint density at radius 3 is 2.47 bits per heavy atom. The summed E-state index contributed by atoms with van der Waals surface area (Å²) in [7, 11) is 0. The molecule has 0 spiro atoms. The number of ether oxygens (including phenoxy) is 1. The Kier molecular flexibility index (Phi) is 6.87. The molecule has 3 amide bonds. The molecule has 1 aliphatic heterocycles. The molecule has 8 heteroatoms. The number of imide groups is 1. The average molecular weight is 460 g/mol. The van der Waals surface area contributed by atoms with Crippen molar-refractivity contribution in [3.63, 3.8) is 0 Å². The van der Waals surface area contributed by atoms with E-state index in [1.54, 1.807) is 12.1 Å². The van der Waals surface area contributed by atoms with Crippen molar-refractivity contribution in [2.45, 2.75) is 32.4 Å². The lowest BCUT2D eigenvalue weighted by molar-refractivity contribution is -0.125. The molecule has 0 fully saturated rings. The molecule has 0 radical (unpaired) electrons. The van der Waals surface area contributed by atoms with E-state index in [4.69, 9.17) is 9.15 Å². The van der Waals surface area contributed by atoms with Gasteiger partial charge in [0, 0.05) is 0 Å². The summed E-state index contributed by atoms with van der Waals surface area (Å²) in [6.45, 7) is 1.57. The fourth-order valence-electron chi connectivity index (χ4n) is 3.87. The van der Waals surface area contributed by atoms with Crippen LogP contribution in [0.3, 0.4) is 0 Å². The molecule has 0 saturated carbocycles. The third-order valence-corrected chi connectivity index (χ3v) is 5.55. The molecular formula is C26H24N2O6. The minimum atomic E-state index is -0.755. The van der Waals surface area contributed by atoms with Gasteiger partial charge in [-0.05, 0) is 42.3 Å². The van der Waals surface area contributed by atoms with Crippen LogP contribution in [0, 0.1) is 0 Å². The number of hydrogen-bond donors (Lipinski definition) is 1. The van der Waals surface area contributed by atoms with Crippen molar-refractivity contribution < 1.29 is 28.3 Å². The number of rotatable bonds is 9. The van der Waals surface area contributed by atoms with Crippen molar-refractivity contribution in [3.05, 3.63) is 94.9 Å². The molecule has 174 valence electrons. The standard InChI is InChI=1S/C26H24N2O6/c1-2-7-22(17-8-4-3-5-9-17)27-23(29)16-34-26(32)18-11-12-20-21(14-18)25(31)28(24(20)30)15-19-10-6-13-33-19/h3-6,8-14,22H,2,7,15-16H2,1H3,(H,27,29). The van der Waals surface area contributed by atoms with Crippen molar-refractivity contribution in [1.82, 2.24) is 10.2 Å². The van der Waals surface area contributed by atoms with E-state index < -0.39 is 30.3 Å². The number of nitrogens with one attached hydrogen (secondary N) is 1. The summed E-state index contributed by atoms with van der Waals surface area (Å²) >= 11 is 0. The summed E-state index contributed by atoms with van der Waals surface area (Å²) in [5.74, 6) is -1.69. The molecule has 2 aromatic carbocycles. The van der Waals surface area contributed by atoms with Crippen LogP contribution in [-0.2, 0) is 16.1 Å². The third-order valence-electron chi connectivity index (χ3n) is 5.55. The van der Waals surface area contributed by atoms with E-state index in [2.05, 4.69) is 5.32 Å². The number of nitrogens with zero attached hydrogens (tertiary/aromatic N) is 1. The Morgan fingerprint density at radius 2 is 1.76 bits per heavy atom. The number of amides is 3. The van der Waals surface area contributed by atoms with Gasteiger partial charge in [0.15, 0.2) is 6.61 Å².